The highest BCUT2D eigenvalue weighted by Crippen LogP contribution is 2.33. The Hall–Kier alpha value is -4.12. The highest BCUT2D eigenvalue weighted by molar-refractivity contribution is 8.15. The first kappa shape index (κ1) is 26.0. The lowest BCUT2D eigenvalue weighted by atomic mass is 10.2. The first-order chi connectivity index (χ1) is 17.8. The zero-order valence-electron chi connectivity index (χ0n) is 19.3. The van der Waals surface area contributed by atoms with Crippen LogP contribution < -0.4 is 5.32 Å². The molecule has 1 fully saturated rings. The first-order valence-corrected chi connectivity index (χ1v) is 12.0. The van der Waals surface area contributed by atoms with Crippen molar-refractivity contribution < 1.29 is 27.2 Å². The van der Waals surface area contributed by atoms with E-state index in [0.717, 1.165) is 29.5 Å². The smallest absolute Gasteiger partial charge is 0.416 e. The van der Waals surface area contributed by atoms with Gasteiger partial charge in [-0.1, -0.05) is 54.2 Å². The minimum absolute atomic E-state index is 0.00796. The van der Waals surface area contributed by atoms with E-state index in [9.17, 15) is 22.8 Å². The summed E-state index contributed by atoms with van der Waals surface area (Å²) in [6, 6.07) is 17.3. The van der Waals surface area contributed by atoms with Gasteiger partial charge in [0.15, 0.2) is 5.17 Å². The van der Waals surface area contributed by atoms with E-state index in [1.165, 1.54) is 29.5 Å². The van der Waals surface area contributed by atoms with Gasteiger partial charge in [-0.25, -0.2) is 0 Å². The summed E-state index contributed by atoms with van der Waals surface area (Å²) in [6.45, 7) is 0.0960. The van der Waals surface area contributed by atoms with Crippen molar-refractivity contribution in [2.24, 2.45) is 10.2 Å². The molecule has 3 aromatic rings. The van der Waals surface area contributed by atoms with Gasteiger partial charge in [0.2, 0.25) is 11.8 Å². The predicted molar refractivity (Wildman–Crippen MR) is 137 cm³/mol. The molecule has 0 aliphatic carbocycles. The molecule has 7 nitrogen and oxygen atoms in total. The zero-order valence-corrected chi connectivity index (χ0v) is 20.1. The largest absolute Gasteiger partial charge is 0.467 e. The monoisotopic (exact) mass is 526 g/mol. The summed E-state index contributed by atoms with van der Waals surface area (Å²) in [6.07, 6.45) is 1.71. The van der Waals surface area contributed by atoms with Crippen LogP contribution in [0.25, 0.3) is 6.08 Å². The van der Waals surface area contributed by atoms with Crippen molar-refractivity contribution in [3.8, 4) is 0 Å². The molecule has 2 aromatic carbocycles. The van der Waals surface area contributed by atoms with E-state index in [1.54, 1.807) is 18.2 Å². The Kier molecular flexibility index (Phi) is 8.24. The van der Waals surface area contributed by atoms with Crippen LogP contribution in [-0.4, -0.2) is 33.3 Å². The third-order valence-electron chi connectivity index (χ3n) is 5.14. The number of amidine groups is 1. The quantitative estimate of drug-likeness (QED) is 0.296. The summed E-state index contributed by atoms with van der Waals surface area (Å²) in [5, 5.41) is 10.1. The number of anilines is 1. The van der Waals surface area contributed by atoms with E-state index in [4.69, 9.17) is 4.42 Å². The number of hydrogen-bond acceptors (Lipinski definition) is 6. The molecular formula is C26H21F3N4O3S. The van der Waals surface area contributed by atoms with Gasteiger partial charge in [0, 0.05) is 18.3 Å². The van der Waals surface area contributed by atoms with E-state index < -0.39 is 22.9 Å². The Morgan fingerprint density at radius 2 is 1.92 bits per heavy atom. The van der Waals surface area contributed by atoms with Crippen LogP contribution in [-0.2, 0) is 22.3 Å². The SMILES string of the molecule is O=C(CC1SC(=NN=CC=Cc2ccccc2)N(Cc2ccco2)C1=O)Nc1cccc(C(F)(F)F)c1. The molecule has 37 heavy (non-hydrogen) atoms. The summed E-state index contributed by atoms with van der Waals surface area (Å²) >= 11 is 1.06. The number of alkyl halides is 3. The van der Waals surface area contributed by atoms with E-state index in [1.807, 2.05) is 36.4 Å². The molecule has 1 saturated heterocycles. The van der Waals surface area contributed by atoms with Crippen LogP contribution in [0.3, 0.4) is 0 Å². The summed E-state index contributed by atoms with van der Waals surface area (Å²) in [5.41, 5.74) is 0.0968. The van der Waals surface area contributed by atoms with Gasteiger partial charge in [-0.2, -0.15) is 18.3 Å². The van der Waals surface area contributed by atoms with Gasteiger partial charge in [0.1, 0.15) is 11.0 Å². The molecule has 0 bridgehead atoms. The highest BCUT2D eigenvalue weighted by Gasteiger charge is 2.40. The number of halogens is 3. The number of rotatable bonds is 8. The zero-order chi connectivity index (χ0) is 26.3. The van der Waals surface area contributed by atoms with E-state index in [-0.39, 0.29) is 29.7 Å². The third kappa shape index (κ3) is 7.20. The van der Waals surface area contributed by atoms with Crippen molar-refractivity contribution in [1.29, 1.82) is 0 Å². The molecule has 4 rings (SSSR count). The second-order valence-electron chi connectivity index (χ2n) is 7.86. The number of furan rings is 1. The maximum Gasteiger partial charge on any atom is 0.416 e. The van der Waals surface area contributed by atoms with E-state index in [2.05, 4.69) is 15.5 Å². The molecule has 2 heterocycles. The number of amides is 2. The van der Waals surface area contributed by atoms with Gasteiger partial charge in [0.25, 0.3) is 0 Å². The number of allylic oxidation sites excluding steroid dienone is 1. The molecule has 1 N–H and O–H groups in total. The third-order valence-corrected chi connectivity index (χ3v) is 6.31. The summed E-state index contributed by atoms with van der Waals surface area (Å²) < 4.78 is 44.2. The van der Waals surface area contributed by atoms with Gasteiger partial charge >= 0.3 is 6.18 Å². The standard InChI is InChI=1S/C26H21F3N4O3S/c27-26(28,29)19-10-4-11-20(15-19)31-23(34)16-22-24(35)33(17-21-12-6-14-36-21)25(37-22)32-30-13-5-9-18-7-2-1-3-8-18/h1-15,22H,16-17H2,(H,31,34). The van der Waals surface area contributed by atoms with Crippen molar-refractivity contribution in [2.75, 3.05) is 5.32 Å². The molecular weight excluding hydrogens is 505 g/mol. The minimum Gasteiger partial charge on any atom is -0.467 e. The fourth-order valence-electron chi connectivity index (χ4n) is 3.41. The molecule has 0 saturated carbocycles. The van der Waals surface area contributed by atoms with Gasteiger partial charge in [-0.05, 0) is 42.0 Å². The van der Waals surface area contributed by atoms with Crippen LogP contribution in [0.2, 0.25) is 0 Å². The van der Waals surface area contributed by atoms with E-state index >= 15 is 0 Å². The molecule has 0 radical (unpaired) electrons. The van der Waals surface area contributed by atoms with Crippen LogP contribution in [0.5, 0.6) is 0 Å². The number of benzene rings is 2. The van der Waals surface area contributed by atoms with Crippen LogP contribution >= 0.6 is 11.8 Å². The maximum atomic E-state index is 13.1. The lowest BCUT2D eigenvalue weighted by molar-refractivity contribution is -0.137. The number of nitrogens with zero attached hydrogens (tertiary/aromatic N) is 3. The van der Waals surface area contributed by atoms with Gasteiger partial charge in [0.05, 0.1) is 18.4 Å². The van der Waals surface area contributed by atoms with Gasteiger partial charge < -0.3 is 9.73 Å². The van der Waals surface area contributed by atoms with Crippen molar-refractivity contribution >= 4 is 46.7 Å². The minimum atomic E-state index is -4.54. The lowest BCUT2D eigenvalue weighted by Crippen LogP contribution is -2.33. The van der Waals surface area contributed by atoms with Crippen molar-refractivity contribution in [3.63, 3.8) is 0 Å². The average Bonchev–Trinajstić information content (AvgIpc) is 3.48. The molecule has 2 amide bonds. The van der Waals surface area contributed by atoms with Crippen LogP contribution in [0.4, 0.5) is 18.9 Å². The molecule has 11 heteroatoms. The number of carbonyl (C=O) groups is 2. The summed E-state index contributed by atoms with van der Waals surface area (Å²) in [5.74, 6) is -0.461. The van der Waals surface area contributed by atoms with Crippen molar-refractivity contribution in [2.45, 2.75) is 24.4 Å². The second-order valence-corrected chi connectivity index (χ2v) is 9.03. The fraction of sp³-hybridized carbons (Fsp3) is 0.154. The summed E-state index contributed by atoms with van der Waals surface area (Å²) in [7, 11) is 0. The van der Waals surface area contributed by atoms with Crippen LogP contribution in [0.15, 0.2) is 93.7 Å². The highest BCUT2D eigenvalue weighted by atomic mass is 32.2. The molecule has 1 atom stereocenters. The Labute approximate surface area is 214 Å². The fourth-order valence-corrected chi connectivity index (χ4v) is 4.51. The number of carbonyl (C=O) groups excluding carboxylic acids is 2. The van der Waals surface area contributed by atoms with Gasteiger partial charge in [-0.3, -0.25) is 14.5 Å². The number of nitrogens with one attached hydrogen (secondary N) is 1. The predicted octanol–water partition coefficient (Wildman–Crippen LogP) is 5.83. The van der Waals surface area contributed by atoms with Gasteiger partial charge in [-0.15, -0.1) is 5.10 Å². The Bertz CT molecular complexity index is 1320. The summed E-state index contributed by atoms with van der Waals surface area (Å²) in [4.78, 5) is 27.0. The van der Waals surface area contributed by atoms with Crippen molar-refractivity contribution in [3.05, 3.63) is 96.0 Å². The average molecular weight is 527 g/mol. The Morgan fingerprint density at radius 3 is 2.65 bits per heavy atom. The molecule has 1 unspecified atom stereocenters. The first-order valence-electron chi connectivity index (χ1n) is 11.1. The number of thioether (sulfide) groups is 1. The topological polar surface area (TPSA) is 87.3 Å². The molecule has 190 valence electrons. The van der Waals surface area contributed by atoms with Crippen LogP contribution in [0.1, 0.15) is 23.3 Å². The number of hydrogen-bond donors (Lipinski definition) is 1. The lowest BCUT2D eigenvalue weighted by Gasteiger charge is -2.14. The van der Waals surface area contributed by atoms with Crippen molar-refractivity contribution in [1.82, 2.24) is 4.90 Å². The molecule has 1 aliphatic rings. The maximum absolute atomic E-state index is 13.1. The van der Waals surface area contributed by atoms with Crippen LogP contribution in [0, 0.1) is 0 Å². The normalized spacial score (nSPS) is 17.4. The second kappa shape index (κ2) is 11.7. The molecule has 1 aromatic heterocycles. The molecule has 0 spiro atoms. The Morgan fingerprint density at radius 1 is 1.11 bits per heavy atom. The molecule has 1 aliphatic heterocycles. The Balaban J connectivity index is 1.44. The van der Waals surface area contributed by atoms with E-state index in [0.29, 0.717) is 5.76 Å².